The second-order valence-corrected chi connectivity index (χ2v) is 7.36. The van der Waals surface area contributed by atoms with Crippen LogP contribution in [0.1, 0.15) is 39.0 Å². The van der Waals surface area contributed by atoms with Crippen molar-refractivity contribution in [2.45, 2.75) is 50.6 Å². The summed E-state index contributed by atoms with van der Waals surface area (Å²) in [7, 11) is 1.81. The number of nitriles is 1. The van der Waals surface area contributed by atoms with Gasteiger partial charge in [0, 0.05) is 45.6 Å². The topological polar surface area (TPSA) is 76.4 Å². The largest absolute Gasteiger partial charge is 0.353 e. The Kier molecular flexibility index (Phi) is 5.72. The first-order chi connectivity index (χ1) is 12.6. The lowest BCUT2D eigenvalue weighted by molar-refractivity contribution is -0.140. The summed E-state index contributed by atoms with van der Waals surface area (Å²) in [6.45, 7) is 5.21. The van der Waals surface area contributed by atoms with E-state index in [2.05, 4.69) is 25.8 Å². The summed E-state index contributed by atoms with van der Waals surface area (Å²) >= 11 is 0. The molecule has 2 fully saturated rings. The van der Waals surface area contributed by atoms with Gasteiger partial charge in [-0.15, -0.1) is 0 Å². The van der Waals surface area contributed by atoms with Gasteiger partial charge in [0.15, 0.2) is 0 Å². The van der Waals surface area contributed by atoms with Crippen LogP contribution < -0.4 is 4.90 Å². The van der Waals surface area contributed by atoms with E-state index in [1.165, 1.54) is 0 Å². The van der Waals surface area contributed by atoms with Gasteiger partial charge in [-0.1, -0.05) is 19.3 Å². The monoisotopic (exact) mass is 356 g/mol. The van der Waals surface area contributed by atoms with Gasteiger partial charge in [0.25, 0.3) is 0 Å². The fourth-order valence-corrected chi connectivity index (χ4v) is 4.10. The van der Waals surface area contributed by atoms with Crippen LogP contribution in [0.15, 0.2) is 18.6 Å². The second-order valence-electron chi connectivity index (χ2n) is 7.36. The van der Waals surface area contributed by atoms with E-state index in [0.717, 1.165) is 64.1 Å². The van der Waals surface area contributed by atoms with Crippen molar-refractivity contribution >= 4 is 11.7 Å². The third-order valence-electron chi connectivity index (χ3n) is 5.95. The van der Waals surface area contributed by atoms with Crippen molar-refractivity contribution in [3.8, 4) is 6.07 Å². The summed E-state index contributed by atoms with van der Waals surface area (Å²) < 4.78 is 0. The van der Waals surface area contributed by atoms with Crippen molar-refractivity contribution in [3.63, 3.8) is 0 Å². The number of aromatic nitrogens is 2. The van der Waals surface area contributed by atoms with Gasteiger partial charge in [0.2, 0.25) is 5.91 Å². The predicted molar refractivity (Wildman–Crippen MR) is 99.5 cm³/mol. The van der Waals surface area contributed by atoms with Crippen molar-refractivity contribution in [1.29, 1.82) is 5.26 Å². The smallest absolute Gasteiger partial charge is 0.240 e. The fourth-order valence-electron chi connectivity index (χ4n) is 4.10. The number of amides is 1. The molecule has 1 aliphatic heterocycles. The molecule has 1 aromatic heterocycles. The first kappa shape index (κ1) is 18.6. The standard InChI is InChI=1S/C19H28N6O/c1-16(18(26)23(2)19(15-20)6-4-3-5-7-19)24-10-12-25(13-11-24)17-14-21-8-9-22-17/h8-9,14,16H,3-7,10-13H2,1-2H3/t16-/m1/s1. The van der Waals surface area contributed by atoms with Crippen LogP contribution in [-0.4, -0.2) is 70.5 Å². The zero-order chi connectivity index (χ0) is 18.6. The zero-order valence-electron chi connectivity index (χ0n) is 15.8. The first-order valence-corrected chi connectivity index (χ1v) is 9.51. The van der Waals surface area contributed by atoms with E-state index in [1.807, 2.05) is 14.0 Å². The first-order valence-electron chi connectivity index (χ1n) is 9.51. The minimum absolute atomic E-state index is 0.0569. The average Bonchev–Trinajstić information content (AvgIpc) is 2.73. The summed E-state index contributed by atoms with van der Waals surface area (Å²) in [4.78, 5) is 27.7. The number of nitrogens with zero attached hydrogens (tertiary/aromatic N) is 6. The zero-order valence-corrected chi connectivity index (χ0v) is 15.8. The molecule has 3 rings (SSSR count). The van der Waals surface area contributed by atoms with Crippen molar-refractivity contribution in [1.82, 2.24) is 19.8 Å². The van der Waals surface area contributed by atoms with Crippen LogP contribution in [0.5, 0.6) is 0 Å². The molecule has 0 radical (unpaired) electrons. The van der Waals surface area contributed by atoms with Gasteiger partial charge < -0.3 is 9.80 Å². The minimum Gasteiger partial charge on any atom is -0.353 e. The molecule has 1 saturated carbocycles. The third-order valence-corrected chi connectivity index (χ3v) is 5.95. The fraction of sp³-hybridized carbons (Fsp3) is 0.684. The molecule has 7 nitrogen and oxygen atoms in total. The van der Waals surface area contributed by atoms with Gasteiger partial charge in [-0.3, -0.25) is 14.7 Å². The molecule has 7 heteroatoms. The van der Waals surface area contributed by atoms with Gasteiger partial charge in [-0.05, 0) is 19.8 Å². The summed E-state index contributed by atoms with van der Waals surface area (Å²) in [5.74, 6) is 0.940. The number of hydrogen-bond acceptors (Lipinski definition) is 6. The normalized spacial score (nSPS) is 21.7. The number of likely N-dealkylation sites (N-methyl/N-ethyl adjacent to an activating group) is 1. The Bertz CT molecular complexity index is 644. The van der Waals surface area contributed by atoms with Gasteiger partial charge in [-0.2, -0.15) is 5.26 Å². The molecule has 2 heterocycles. The number of anilines is 1. The Morgan fingerprint density at radius 2 is 1.92 bits per heavy atom. The van der Waals surface area contributed by atoms with Crippen molar-refractivity contribution < 1.29 is 4.79 Å². The van der Waals surface area contributed by atoms with E-state index in [9.17, 15) is 10.1 Å². The number of carbonyl (C=O) groups excluding carboxylic acids is 1. The van der Waals surface area contributed by atoms with Crippen LogP contribution in [0.4, 0.5) is 5.82 Å². The van der Waals surface area contributed by atoms with Gasteiger partial charge in [0.1, 0.15) is 11.4 Å². The Morgan fingerprint density at radius 1 is 1.23 bits per heavy atom. The predicted octanol–water partition coefficient (Wildman–Crippen LogP) is 1.67. The van der Waals surface area contributed by atoms with Crippen LogP contribution in [-0.2, 0) is 4.79 Å². The molecule has 0 bridgehead atoms. The van der Waals surface area contributed by atoms with Gasteiger partial charge in [0.05, 0.1) is 18.3 Å². The molecule has 140 valence electrons. The lowest BCUT2D eigenvalue weighted by atomic mass is 9.81. The molecule has 0 unspecified atom stereocenters. The summed E-state index contributed by atoms with van der Waals surface area (Å²) in [5, 5.41) is 9.74. The van der Waals surface area contributed by atoms with Crippen LogP contribution in [0.2, 0.25) is 0 Å². The summed E-state index contributed by atoms with van der Waals surface area (Å²) in [6, 6.07) is 2.24. The van der Waals surface area contributed by atoms with Crippen molar-refractivity contribution in [2.75, 3.05) is 38.1 Å². The Labute approximate surface area is 155 Å². The minimum atomic E-state index is -0.620. The highest BCUT2D eigenvalue weighted by atomic mass is 16.2. The third kappa shape index (κ3) is 3.65. The van der Waals surface area contributed by atoms with Crippen LogP contribution in [0.25, 0.3) is 0 Å². The Hall–Kier alpha value is -2.20. The Morgan fingerprint density at radius 3 is 2.50 bits per heavy atom. The van der Waals surface area contributed by atoms with Crippen molar-refractivity contribution in [2.24, 2.45) is 0 Å². The molecular weight excluding hydrogens is 328 g/mol. The van der Waals surface area contributed by atoms with E-state index in [4.69, 9.17) is 0 Å². The van der Waals surface area contributed by atoms with E-state index < -0.39 is 5.54 Å². The van der Waals surface area contributed by atoms with Crippen molar-refractivity contribution in [3.05, 3.63) is 18.6 Å². The molecule has 0 N–H and O–H groups in total. The second kappa shape index (κ2) is 8.00. The molecular formula is C19H28N6O. The molecule has 0 aromatic carbocycles. The van der Waals surface area contributed by atoms with E-state index in [0.29, 0.717) is 0 Å². The lowest BCUT2D eigenvalue weighted by Gasteiger charge is -2.43. The molecule has 1 amide bonds. The highest BCUT2D eigenvalue weighted by molar-refractivity contribution is 5.82. The molecule has 26 heavy (non-hydrogen) atoms. The van der Waals surface area contributed by atoms with Gasteiger partial charge in [-0.25, -0.2) is 4.98 Å². The van der Waals surface area contributed by atoms with E-state index in [1.54, 1.807) is 23.5 Å². The molecule has 1 saturated heterocycles. The number of carbonyl (C=O) groups is 1. The maximum Gasteiger partial charge on any atom is 0.240 e. The van der Waals surface area contributed by atoms with E-state index >= 15 is 0 Å². The molecule has 1 aromatic rings. The molecule has 0 spiro atoms. The average molecular weight is 356 g/mol. The Balaban J connectivity index is 1.60. The van der Waals surface area contributed by atoms with Crippen LogP contribution in [0.3, 0.4) is 0 Å². The highest BCUT2D eigenvalue weighted by Gasteiger charge is 2.41. The summed E-state index contributed by atoms with van der Waals surface area (Å²) in [6.07, 6.45) is 9.94. The molecule has 1 atom stereocenters. The maximum absolute atomic E-state index is 13.1. The van der Waals surface area contributed by atoms with Crippen LogP contribution >= 0.6 is 0 Å². The number of hydrogen-bond donors (Lipinski definition) is 0. The number of rotatable bonds is 4. The van der Waals surface area contributed by atoms with E-state index in [-0.39, 0.29) is 11.9 Å². The molecule has 2 aliphatic rings. The SMILES string of the molecule is C[C@H](C(=O)N(C)C1(C#N)CCCCC1)N1CCN(c2cnccn2)CC1. The lowest BCUT2D eigenvalue weighted by Crippen LogP contribution is -2.58. The highest BCUT2D eigenvalue weighted by Crippen LogP contribution is 2.33. The van der Waals surface area contributed by atoms with Gasteiger partial charge >= 0.3 is 0 Å². The number of piperazine rings is 1. The maximum atomic E-state index is 13.1. The molecule has 1 aliphatic carbocycles. The van der Waals surface area contributed by atoms with Crippen LogP contribution in [0, 0.1) is 11.3 Å². The summed E-state index contributed by atoms with van der Waals surface area (Å²) in [5.41, 5.74) is -0.620. The quantitative estimate of drug-likeness (QED) is 0.817.